The highest BCUT2D eigenvalue weighted by atomic mass is 32.2. The van der Waals surface area contributed by atoms with Crippen LogP contribution in [0.4, 0.5) is 11.4 Å². The summed E-state index contributed by atoms with van der Waals surface area (Å²) in [6.07, 6.45) is 5.93. The molecule has 4 rings (SSSR count). The molecule has 0 saturated carbocycles. The predicted molar refractivity (Wildman–Crippen MR) is 186 cm³/mol. The Hall–Kier alpha value is -4.24. The minimum Gasteiger partial charge on any atom is -0.748 e. The Balaban J connectivity index is 1.78. The Morgan fingerprint density at radius 1 is 0.878 bits per heavy atom. The van der Waals surface area contributed by atoms with Gasteiger partial charge in [0.25, 0.3) is 5.82 Å². The van der Waals surface area contributed by atoms with Crippen molar-refractivity contribution in [3.63, 3.8) is 0 Å². The van der Waals surface area contributed by atoms with E-state index < -0.39 is 27.8 Å². The largest absolute Gasteiger partial charge is 0.748 e. The van der Waals surface area contributed by atoms with Gasteiger partial charge in [0.2, 0.25) is 0 Å². The van der Waals surface area contributed by atoms with Crippen LogP contribution in [-0.2, 0) is 42.2 Å². The third-order valence-electron chi connectivity index (χ3n) is 8.03. The van der Waals surface area contributed by atoms with Crippen LogP contribution in [0.3, 0.4) is 0 Å². The van der Waals surface area contributed by atoms with Crippen molar-refractivity contribution in [3.05, 3.63) is 71.3 Å². The molecule has 0 bridgehead atoms. The number of imidazole rings is 1. The quantitative estimate of drug-likeness (QED) is 0.0820. The number of benzene rings is 2. The van der Waals surface area contributed by atoms with Crippen molar-refractivity contribution < 1.29 is 46.1 Å². The molecule has 1 aliphatic rings. The number of esters is 2. The van der Waals surface area contributed by atoms with Gasteiger partial charge in [-0.25, -0.2) is 27.1 Å². The van der Waals surface area contributed by atoms with Crippen molar-refractivity contribution in [2.75, 3.05) is 68.8 Å². The van der Waals surface area contributed by atoms with Gasteiger partial charge in [-0.2, -0.15) is 0 Å². The maximum atomic E-state index is 12.6. The van der Waals surface area contributed by atoms with Gasteiger partial charge in [0, 0.05) is 38.1 Å². The number of nitrogens with zero attached hydrogens (tertiary/aromatic N) is 4. The van der Waals surface area contributed by atoms with E-state index in [-0.39, 0.29) is 26.2 Å². The molecular weight excluding hydrogens is 652 g/mol. The maximum Gasteiger partial charge on any atom is 0.338 e. The fourth-order valence-corrected chi connectivity index (χ4v) is 6.40. The van der Waals surface area contributed by atoms with Crippen LogP contribution in [-0.4, -0.2) is 88.5 Å². The highest BCUT2D eigenvalue weighted by molar-refractivity contribution is 7.85. The Morgan fingerprint density at radius 2 is 1.57 bits per heavy atom. The van der Waals surface area contributed by atoms with Gasteiger partial charge in [-0.1, -0.05) is 6.08 Å². The highest BCUT2D eigenvalue weighted by Crippen LogP contribution is 2.42. The standard InChI is InChI=1S/C35H46N4O9S/c1-6-36-28-16-14-26(34(40)47-8-3)24-30(28)38(18-11-23-49(42,43)44)32(36)12-10-13-33-37(7-2)29-17-15-27(35(41)48-9-4)25-31(29)39(33)19-20-46-22-21-45-5/h10,12-17,24-25H,6-9,11,18-23H2,1-5H3. The Morgan fingerprint density at radius 3 is 2.20 bits per heavy atom. The summed E-state index contributed by atoms with van der Waals surface area (Å²) < 4.78 is 59.8. The molecule has 266 valence electrons. The van der Waals surface area contributed by atoms with Gasteiger partial charge >= 0.3 is 11.9 Å². The molecule has 49 heavy (non-hydrogen) atoms. The summed E-state index contributed by atoms with van der Waals surface area (Å²) in [4.78, 5) is 29.5. The lowest BCUT2D eigenvalue weighted by Gasteiger charge is -2.24. The number of fused-ring (bicyclic) bond motifs is 2. The van der Waals surface area contributed by atoms with E-state index in [1.807, 2.05) is 54.8 Å². The number of aryl methyl sites for hydroxylation is 2. The number of rotatable bonds is 18. The zero-order chi connectivity index (χ0) is 35.6. The van der Waals surface area contributed by atoms with E-state index in [9.17, 15) is 22.6 Å². The van der Waals surface area contributed by atoms with Crippen LogP contribution in [0.1, 0.15) is 60.7 Å². The second kappa shape index (κ2) is 17.4. The summed E-state index contributed by atoms with van der Waals surface area (Å²) in [5.74, 6) is 0.272. The van der Waals surface area contributed by atoms with Gasteiger partial charge in [0.1, 0.15) is 5.82 Å². The molecule has 13 nitrogen and oxygen atoms in total. The van der Waals surface area contributed by atoms with Crippen LogP contribution < -0.4 is 14.4 Å². The van der Waals surface area contributed by atoms with Gasteiger partial charge < -0.3 is 33.3 Å². The predicted octanol–water partition coefficient (Wildman–Crippen LogP) is 4.10. The molecule has 0 N–H and O–H groups in total. The number of allylic oxidation sites excluding steroid dienone is 2. The number of carbonyl (C=O) groups is 2. The summed E-state index contributed by atoms with van der Waals surface area (Å²) in [5.41, 5.74) is 4.18. The molecular formula is C35H46N4O9S. The molecule has 0 radical (unpaired) electrons. The van der Waals surface area contributed by atoms with Crippen LogP contribution in [0.15, 0.2) is 54.4 Å². The van der Waals surface area contributed by atoms with Crippen molar-refractivity contribution in [2.45, 2.75) is 47.2 Å². The normalized spacial score (nSPS) is 14.0. The molecule has 0 spiro atoms. The molecule has 0 amide bonds. The molecule has 14 heteroatoms. The Kier molecular flexibility index (Phi) is 13.4. The molecule has 1 aliphatic heterocycles. The summed E-state index contributed by atoms with van der Waals surface area (Å²) in [7, 11) is -2.79. The second-order valence-electron chi connectivity index (χ2n) is 11.1. The van der Waals surface area contributed by atoms with Gasteiger partial charge in [-0.3, -0.25) is 0 Å². The first kappa shape index (κ1) is 37.6. The number of aromatic nitrogens is 2. The number of carbonyl (C=O) groups excluding carboxylic acids is 2. The van der Waals surface area contributed by atoms with E-state index in [2.05, 4.69) is 14.4 Å². The van der Waals surface area contributed by atoms with Crippen molar-refractivity contribution in [1.29, 1.82) is 0 Å². The van der Waals surface area contributed by atoms with Crippen molar-refractivity contribution in [1.82, 2.24) is 4.57 Å². The minimum absolute atomic E-state index is 0.101. The SMILES string of the molecule is CCOC(=O)c1ccc2c(c1)N(CCOCCOC)/C(=C\C=C/c1n(CCCS(=O)(=O)[O-])c3cc(C(=O)OCC)ccc3[n+]1CC)N2CC. The zero-order valence-corrected chi connectivity index (χ0v) is 29.7. The van der Waals surface area contributed by atoms with Gasteiger partial charge in [-0.15, -0.1) is 0 Å². The summed E-state index contributed by atoms with van der Waals surface area (Å²) in [6, 6.07) is 10.8. The monoisotopic (exact) mass is 698 g/mol. The van der Waals surface area contributed by atoms with Crippen molar-refractivity contribution in [2.24, 2.45) is 0 Å². The summed E-state index contributed by atoms with van der Waals surface area (Å²) in [5, 5.41) is 0. The summed E-state index contributed by atoms with van der Waals surface area (Å²) in [6.45, 7) is 11.4. The molecule has 0 aliphatic carbocycles. The number of anilines is 2. The maximum absolute atomic E-state index is 12.6. The fraction of sp³-hybridized carbons (Fsp3) is 0.457. The van der Waals surface area contributed by atoms with Crippen LogP contribution >= 0.6 is 0 Å². The smallest absolute Gasteiger partial charge is 0.338 e. The molecule has 0 unspecified atom stereocenters. The number of ether oxygens (including phenoxy) is 4. The lowest BCUT2D eigenvalue weighted by atomic mass is 10.1. The van der Waals surface area contributed by atoms with Crippen LogP contribution in [0.5, 0.6) is 0 Å². The van der Waals surface area contributed by atoms with Gasteiger partial charge in [0.15, 0.2) is 11.0 Å². The van der Waals surface area contributed by atoms with E-state index in [0.29, 0.717) is 56.1 Å². The highest BCUT2D eigenvalue weighted by Gasteiger charge is 2.31. The average molecular weight is 699 g/mol. The van der Waals surface area contributed by atoms with Gasteiger partial charge in [-0.05, 0) is 70.5 Å². The number of hydrogen-bond donors (Lipinski definition) is 0. The zero-order valence-electron chi connectivity index (χ0n) is 28.8. The molecule has 3 aromatic rings. The first-order valence-corrected chi connectivity index (χ1v) is 18.1. The third kappa shape index (κ3) is 9.06. The van der Waals surface area contributed by atoms with Crippen LogP contribution in [0.25, 0.3) is 17.1 Å². The van der Waals surface area contributed by atoms with E-state index in [1.165, 1.54) is 0 Å². The van der Waals surface area contributed by atoms with E-state index in [1.54, 1.807) is 39.2 Å². The fourth-order valence-electron chi connectivity index (χ4n) is 5.92. The molecule has 0 saturated heterocycles. The second-order valence-corrected chi connectivity index (χ2v) is 12.6. The minimum atomic E-state index is -4.41. The van der Waals surface area contributed by atoms with Crippen LogP contribution in [0.2, 0.25) is 0 Å². The average Bonchev–Trinajstić information content (AvgIpc) is 3.54. The van der Waals surface area contributed by atoms with Crippen LogP contribution in [0, 0.1) is 0 Å². The van der Waals surface area contributed by atoms with Gasteiger partial charge in [0.05, 0.1) is 78.7 Å². The van der Waals surface area contributed by atoms with Crippen molar-refractivity contribution in [3.8, 4) is 0 Å². The van der Waals surface area contributed by atoms with E-state index in [0.717, 1.165) is 28.5 Å². The first-order valence-electron chi connectivity index (χ1n) is 16.6. The topological polar surface area (TPSA) is 144 Å². The third-order valence-corrected chi connectivity index (χ3v) is 8.82. The van der Waals surface area contributed by atoms with E-state index in [4.69, 9.17) is 18.9 Å². The number of methoxy groups -OCH3 is 1. The Labute approximate surface area is 288 Å². The lowest BCUT2D eigenvalue weighted by molar-refractivity contribution is -0.670. The Bertz CT molecular complexity index is 1800. The molecule has 2 heterocycles. The lowest BCUT2D eigenvalue weighted by Crippen LogP contribution is -2.35. The molecule has 0 atom stereocenters. The van der Waals surface area contributed by atoms with E-state index >= 15 is 0 Å². The van der Waals surface area contributed by atoms with Crippen molar-refractivity contribution >= 4 is 50.5 Å². The molecule has 1 aromatic heterocycles. The molecule has 0 fully saturated rings. The molecule has 2 aromatic carbocycles. The number of hydrogen-bond acceptors (Lipinski definition) is 11. The first-order chi connectivity index (χ1) is 23.6. The summed E-state index contributed by atoms with van der Waals surface area (Å²) >= 11 is 0.